The number of hydroxylamine groups is 2. The van der Waals surface area contributed by atoms with Gasteiger partial charge < -0.3 is 45.8 Å². The van der Waals surface area contributed by atoms with Crippen molar-refractivity contribution in [2.45, 2.75) is 38.4 Å². The second-order valence-electron chi connectivity index (χ2n) is 10.4. The second kappa shape index (κ2) is 15.4. The Morgan fingerprint density at radius 1 is 1.22 bits per heavy atom. The minimum Gasteiger partial charge on any atom is -0.490 e. The topological polar surface area (TPSA) is 223 Å². The first-order valence-electron chi connectivity index (χ1n) is 14.1. The molecule has 0 spiro atoms. The van der Waals surface area contributed by atoms with E-state index in [2.05, 4.69) is 31.2 Å². The molecule has 1 aromatic carbocycles. The van der Waals surface area contributed by atoms with Crippen LogP contribution in [0.25, 0.3) is 11.3 Å². The number of nitrogens with one attached hydrogen (secondary N) is 1. The lowest BCUT2D eigenvalue weighted by Gasteiger charge is -2.50. The van der Waals surface area contributed by atoms with Gasteiger partial charge >= 0.3 is 0 Å². The van der Waals surface area contributed by atoms with E-state index in [1.165, 1.54) is 0 Å². The van der Waals surface area contributed by atoms with E-state index in [0.717, 1.165) is 46.2 Å². The summed E-state index contributed by atoms with van der Waals surface area (Å²) < 4.78 is 23.7. The number of aromatic nitrogens is 3. The van der Waals surface area contributed by atoms with Crippen LogP contribution in [0.4, 0.5) is 5.13 Å². The third-order valence-electron chi connectivity index (χ3n) is 6.97. The maximum Gasteiger partial charge on any atom is 0.276 e. The van der Waals surface area contributed by atoms with Gasteiger partial charge in [0.2, 0.25) is 5.62 Å². The number of anilines is 1. The Morgan fingerprint density at radius 2 is 1.98 bits per heavy atom. The number of carbonyl (C=O) groups is 2. The summed E-state index contributed by atoms with van der Waals surface area (Å²) in [6.07, 6.45) is 2.88. The van der Waals surface area contributed by atoms with Gasteiger partial charge in [-0.25, -0.2) is 4.98 Å². The zero-order valence-electron chi connectivity index (χ0n) is 25.2. The third-order valence-corrected chi connectivity index (χ3v) is 7.86. The number of hydrogen-bond acceptors (Lipinski definition) is 14. The molecule has 3 aromatic rings. The molecule has 244 valence electrons. The number of imidazole rings is 1. The van der Waals surface area contributed by atoms with Gasteiger partial charge in [0.05, 0.1) is 17.8 Å². The smallest absolute Gasteiger partial charge is 0.276 e. The Kier molecular flexibility index (Phi) is 11.6. The van der Waals surface area contributed by atoms with Gasteiger partial charge in [-0.15, -0.1) is 11.3 Å². The molecule has 0 bridgehead atoms. The molecule has 1 fully saturated rings. The Bertz CT molecular complexity index is 1570. The molecule has 2 amide bonds. The summed E-state index contributed by atoms with van der Waals surface area (Å²) in [5, 5.41) is 9.37. The lowest BCUT2D eigenvalue weighted by molar-refractivity contribution is -0.214. The van der Waals surface area contributed by atoms with Crippen molar-refractivity contribution in [2.24, 2.45) is 28.7 Å². The van der Waals surface area contributed by atoms with Crippen molar-refractivity contribution in [1.82, 2.24) is 24.5 Å². The van der Waals surface area contributed by atoms with Crippen LogP contribution in [-0.2, 0) is 32.3 Å². The van der Waals surface area contributed by atoms with Crippen molar-refractivity contribution in [2.75, 3.05) is 38.6 Å². The number of ether oxygens (including phenoxy) is 1. The summed E-state index contributed by atoms with van der Waals surface area (Å²) in [6.45, 7) is 5.83. The predicted molar refractivity (Wildman–Crippen MR) is 171 cm³/mol. The quantitative estimate of drug-likeness (QED) is 0.0472. The largest absolute Gasteiger partial charge is 0.490 e. The van der Waals surface area contributed by atoms with Gasteiger partial charge in [0.25, 0.3) is 11.8 Å². The Hall–Kier alpha value is -3.94. The van der Waals surface area contributed by atoms with Crippen molar-refractivity contribution < 1.29 is 28.0 Å². The van der Waals surface area contributed by atoms with Crippen LogP contribution < -0.4 is 32.9 Å². The van der Waals surface area contributed by atoms with Crippen LogP contribution in [0.1, 0.15) is 26.0 Å². The highest BCUT2D eigenvalue weighted by Crippen LogP contribution is 2.33. The first-order chi connectivity index (χ1) is 21.6. The zero-order chi connectivity index (χ0) is 32.6. The molecule has 1 saturated heterocycles. The lowest BCUT2D eigenvalue weighted by atomic mass is 9.84. The van der Waals surface area contributed by atoms with Gasteiger partial charge in [-0.1, -0.05) is 5.16 Å². The monoisotopic (exact) mass is 662 g/mol. The maximum atomic E-state index is 13.1. The number of thiazole rings is 1. The van der Waals surface area contributed by atoms with Gasteiger partial charge in [0, 0.05) is 31.7 Å². The van der Waals surface area contributed by atoms with E-state index in [-0.39, 0.29) is 42.1 Å². The fourth-order valence-corrected chi connectivity index (χ4v) is 5.52. The average Bonchev–Trinajstić information content (AvgIpc) is 3.60. The number of benzene rings is 1. The summed E-state index contributed by atoms with van der Waals surface area (Å²) in [5.41, 5.74) is 19.0. The summed E-state index contributed by atoms with van der Waals surface area (Å²) in [4.78, 5) is 39.7. The molecule has 1 aliphatic rings. The molecule has 0 radical (unpaired) electrons. The number of nitrogen functional groups attached to an aromatic ring is 1. The van der Waals surface area contributed by atoms with Crippen LogP contribution in [0.3, 0.4) is 0 Å². The molecule has 2 aromatic heterocycles. The highest BCUT2D eigenvalue weighted by Gasteiger charge is 2.57. The van der Waals surface area contributed by atoms with Crippen LogP contribution in [-0.4, -0.2) is 85.7 Å². The van der Waals surface area contributed by atoms with Crippen LogP contribution in [0.5, 0.6) is 5.75 Å². The first-order valence-corrected chi connectivity index (χ1v) is 15.6. The molecule has 1 aliphatic heterocycles. The number of β-lactam (4-membered cyclic amide) rings is 1. The SMILES string of the molecule is Cn1c(-c2ccc(OCCO/N=C(\C(=O)NC3C(=O)N(OSO)C3(C)C)c3csc(N)n3)cc2)cn(CCCN)c1=NCCN. The summed E-state index contributed by atoms with van der Waals surface area (Å²) in [7, 11) is 1.96. The van der Waals surface area contributed by atoms with Gasteiger partial charge in [0.1, 0.15) is 24.1 Å². The highest BCUT2D eigenvalue weighted by atomic mass is 32.2. The molecule has 4 rings (SSSR count). The van der Waals surface area contributed by atoms with Gasteiger partial charge in [-0.2, -0.15) is 9.35 Å². The number of aryl methyl sites for hydroxylation is 1. The van der Waals surface area contributed by atoms with Crippen molar-refractivity contribution in [1.29, 1.82) is 0 Å². The molecular formula is C27H38N10O6S2. The van der Waals surface area contributed by atoms with Gasteiger partial charge in [-0.05, 0) is 56.6 Å². The standard InChI is InChI=1S/C27H38N10O6S2/c1-27(2)22(24(39)37(27)43-45-40)33-23(38)21(19-16-44-25(30)32-19)34-42-14-13-41-18-7-5-17(6-8-18)20-15-36(12-4-9-28)26(35(20)3)31-11-10-29/h5-8,15-16,22,40H,4,9-14,28-29H2,1-3H3,(H2,30,32)(H,33,38)/b31-26?,34-21-. The van der Waals surface area contributed by atoms with Crippen LogP contribution >= 0.6 is 23.7 Å². The number of rotatable bonds is 16. The lowest BCUT2D eigenvalue weighted by Crippen LogP contribution is -2.76. The number of nitrogens with two attached hydrogens (primary N) is 3. The molecule has 45 heavy (non-hydrogen) atoms. The number of hydrogen-bond donors (Lipinski definition) is 5. The normalized spacial score (nSPS) is 16.5. The second-order valence-corrected chi connectivity index (χ2v) is 11.6. The molecular weight excluding hydrogens is 624 g/mol. The Balaban J connectivity index is 1.37. The van der Waals surface area contributed by atoms with Crippen LogP contribution in [0.15, 0.2) is 46.0 Å². The van der Waals surface area contributed by atoms with E-state index in [4.69, 9.17) is 35.6 Å². The van der Waals surface area contributed by atoms with E-state index < -0.39 is 23.4 Å². The number of nitrogens with zero attached hydrogens (tertiary/aromatic N) is 6. The molecule has 0 saturated carbocycles. The Morgan fingerprint density at radius 3 is 2.60 bits per heavy atom. The summed E-state index contributed by atoms with van der Waals surface area (Å²) >= 11 is 1.17. The number of oxime groups is 1. The van der Waals surface area contributed by atoms with E-state index in [9.17, 15) is 9.59 Å². The molecule has 0 aliphatic carbocycles. The van der Waals surface area contributed by atoms with E-state index in [1.54, 1.807) is 19.2 Å². The van der Waals surface area contributed by atoms with Crippen molar-refractivity contribution >= 4 is 46.3 Å². The number of amides is 2. The minimum atomic E-state index is -0.928. The van der Waals surface area contributed by atoms with Crippen molar-refractivity contribution in [3.8, 4) is 17.0 Å². The molecule has 3 heterocycles. The molecule has 1 unspecified atom stereocenters. The summed E-state index contributed by atoms with van der Waals surface area (Å²) in [6, 6.07) is 6.68. The third kappa shape index (κ3) is 7.84. The fourth-order valence-electron chi connectivity index (χ4n) is 4.64. The van der Waals surface area contributed by atoms with Crippen LogP contribution in [0, 0.1) is 0 Å². The van der Waals surface area contributed by atoms with E-state index >= 15 is 0 Å². The average molecular weight is 663 g/mol. The van der Waals surface area contributed by atoms with Crippen LogP contribution in [0.2, 0.25) is 0 Å². The maximum absolute atomic E-state index is 13.1. The first kappa shape index (κ1) is 33.9. The van der Waals surface area contributed by atoms with E-state index in [0.29, 0.717) is 25.4 Å². The van der Waals surface area contributed by atoms with Crippen molar-refractivity contribution in [3.05, 3.63) is 47.2 Å². The van der Waals surface area contributed by atoms with E-state index in [1.807, 2.05) is 35.9 Å². The molecule has 8 N–H and O–H groups in total. The zero-order valence-corrected chi connectivity index (χ0v) is 26.8. The molecule has 16 nitrogen and oxygen atoms in total. The number of carbonyl (C=O) groups excluding carboxylic acids is 2. The van der Waals surface area contributed by atoms with Gasteiger partial charge in [0.15, 0.2) is 29.8 Å². The minimum absolute atomic E-state index is 0.0201. The molecule has 18 heteroatoms. The Labute approximate surface area is 268 Å². The van der Waals surface area contributed by atoms with Crippen molar-refractivity contribution in [3.63, 3.8) is 0 Å². The fraction of sp³-hybridized carbons (Fsp3) is 0.444. The van der Waals surface area contributed by atoms with Gasteiger partial charge in [-0.3, -0.25) is 14.6 Å². The molecule has 1 atom stereocenters. The predicted octanol–water partition coefficient (Wildman–Crippen LogP) is 0.699. The highest BCUT2D eigenvalue weighted by molar-refractivity contribution is 7.88. The summed E-state index contributed by atoms with van der Waals surface area (Å²) in [5.74, 6) is -0.607.